The SMILES string of the molecule is CC1C(NC(=O)CCCc2c[nH]c3ccccc23)C(=O)N(c2ccccc2)N1c1ccccc1. The fourth-order valence-electron chi connectivity index (χ4n) is 4.73. The number of hydrogen-bond donors (Lipinski definition) is 2. The molecule has 0 radical (unpaired) electrons. The molecule has 2 unspecified atom stereocenters. The molecule has 2 heterocycles. The van der Waals surface area contributed by atoms with Gasteiger partial charge in [-0.25, -0.2) is 5.01 Å². The summed E-state index contributed by atoms with van der Waals surface area (Å²) in [6.45, 7) is 1.98. The van der Waals surface area contributed by atoms with Crippen LogP contribution in [0.2, 0.25) is 0 Å². The topological polar surface area (TPSA) is 68.4 Å². The molecule has 2 atom stereocenters. The normalized spacial score (nSPS) is 18.0. The second kappa shape index (κ2) is 9.43. The number of nitrogens with zero attached hydrogens (tertiary/aromatic N) is 2. The van der Waals surface area contributed by atoms with Crippen LogP contribution < -0.4 is 15.3 Å². The predicted octanol–water partition coefficient (Wildman–Crippen LogP) is 4.83. The number of anilines is 2. The van der Waals surface area contributed by atoms with E-state index in [1.165, 1.54) is 10.9 Å². The average molecular weight is 453 g/mol. The quantitative estimate of drug-likeness (QED) is 0.422. The van der Waals surface area contributed by atoms with Crippen molar-refractivity contribution in [2.45, 2.75) is 38.3 Å². The van der Waals surface area contributed by atoms with Gasteiger partial charge >= 0.3 is 0 Å². The largest absolute Gasteiger partial charge is 0.361 e. The van der Waals surface area contributed by atoms with Crippen LogP contribution >= 0.6 is 0 Å². The molecule has 6 nitrogen and oxygen atoms in total. The molecule has 1 saturated heterocycles. The van der Waals surface area contributed by atoms with Gasteiger partial charge in [-0.05, 0) is 55.7 Å². The summed E-state index contributed by atoms with van der Waals surface area (Å²) in [5, 5.41) is 7.85. The van der Waals surface area contributed by atoms with E-state index in [1.807, 2.05) is 90.9 Å². The van der Waals surface area contributed by atoms with Crippen molar-refractivity contribution < 1.29 is 9.59 Å². The van der Waals surface area contributed by atoms with E-state index >= 15 is 0 Å². The zero-order valence-corrected chi connectivity index (χ0v) is 19.1. The van der Waals surface area contributed by atoms with Crippen LogP contribution in [-0.4, -0.2) is 28.9 Å². The van der Waals surface area contributed by atoms with Gasteiger partial charge in [0.15, 0.2) is 0 Å². The van der Waals surface area contributed by atoms with Crippen LogP contribution in [0.25, 0.3) is 10.9 Å². The van der Waals surface area contributed by atoms with Gasteiger partial charge in [0.05, 0.1) is 17.4 Å². The van der Waals surface area contributed by atoms with Gasteiger partial charge in [-0.3, -0.25) is 14.6 Å². The van der Waals surface area contributed by atoms with Gasteiger partial charge in [0.2, 0.25) is 5.91 Å². The first kappa shape index (κ1) is 21.8. The number of H-pyrrole nitrogens is 1. The Morgan fingerprint density at radius 3 is 2.29 bits per heavy atom. The van der Waals surface area contributed by atoms with Gasteiger partial charge < -0.3 is 10.3 Å². The van der Waals surface area contributed by atoms with Crippen LogP contribution in [0, 0.1) is 0 Å². The molecule has 2 amide bonds. The van der Waals surface area contributed by atoms with Gasteiger partial charge in [0.25, 0.3) is 5.91 Å². The summed E-state index contributed by atoms with van der Waals surface area (Å²) in [6, 6.07) is 26.7. The van der Waals surface area contributed by atoms with Crippen LogP contribution in [0.4, 0.5) is 11.4 Å². The number of fused-ring (bicyclic) bond motifs is 1. The van der Waals surface area contributed by atoms with E-state index in [2.05, 4.69) is 22.4 Å². The van der Waals surface area contributed by atoms with Crippen molar-refractivity contribution in [3.05, 3.63) is 96.7 Å². The number of para-hydroxylation sites is 3. The van der Waals surface area contributed by atoms with E-state index in [0.717, 1.165) is 23.3 Å². The van der Waals surface area contributed by atoms with Gasteiger partial charge in [0, 0.05) is 23.5 Å². The third-order valence-electron chi connectivity index (χ3n) is 6.42. The van der Waals surface area contributed by atoms with Crippen LogP contribution in [0.15, 0.2) is 91.1 Å². The number of nitrogens with one attached hydrogen (secondary N) is 2. The zero-order valence-electron chi connectivity index (χ0n) is 19.1. The summed E-state index contributed by atoms with van der Waals surface area (Å²) in [5.74, 6) is -0.236. The highest BCUT2D eigenvalue weighted by Crippen LogP contribution is 2.32. The highest BCUT2D eigenvalue weighted by atomic mass is 16.2. The Balaban J connectivity index is 1.29. The number of aromatic amines is 1. The Kier molecular flexibility index (Phi) is 6.04. The van der Waals surface area contributed by atoms with Crippen molar-refractivity contribution >= 4 is 34.1 Å². The van der Waals surface area contributed by atoms with Crippen molar-refractivity contribution in [3.8, 4) is 0 Å². The molecule has 0 spiro atoms. The molecule has 3 aromatic carbocycles. The van der Waals surface area contributed by atoms with E-state index in [4.69, 9.17) is 0 Å². The first-order valence-electron chi connectivity index (χ1n) is 11.7. The maximum Gasteiger partial charge on any atom is 0.270 e. The number of hydrazine groups is 1. The van der Waals surface area contributed by atoms with Crippen molar-refractivity contribution in [2.24, 2.45) is 0 Å². The number of carbonyl (C=O) groups is 2. The zero-order chi connectivity index (χ0) is 23.5. The number of hydrogen-bond acceptors (Lipinski definition) is 3. The Morgan fingerprint density at radius 1 is 0.912 bits per heavy atom. The molecule has 0 bridgehead atoms. The fourth-order valence-corrected chi connectivity index (χ4v) is 4.73. The number of carbonyl (C=O) groups excluding carboxylic acids is 2. The highest BCUT2D eigenvalue weighted by molar-refractivity contribution is 6.05. The van der Waals surface area contributed by atoms with Crippen LogP contribution in [0.3, 0.4) is 0 Å². The van der Waals surface area contributed by atoms with Gasteiger partial charge in [0.1, 0.15) is 6.04 Å². The van der Waals surface area contributed by atoms with Gasteiger partial charge in [-0.15, -0.1) is 0 Å². The predicted molar refractivity (Wildman–Crippen MR) is 135 cm³/mol. The summed E-state index contributed by atoms with van der Waals surface area (Å²) < 4.78 is 0. The summed E-state index contributed by atoms with van der Waals surface area (Å²) >= 11 is 0. The summed E-state index contributed by atoms with van der Waals surface area (Å²) in [5.41, 5.74) is 4.00. The lowest BCUT2D eigenvalue weighted by atomic mass is 10.1. The van der Waals surface area contributed by atoms with E-state index in [-0.39, 0.29) is 17.9 Å². The minimum atomic E-state index is -0.624. The van der Waals surface area contributed by atoms with E-state index in [1.54, 1.807) is 5.01 Å². The molecule has 0 saturated carbocycles. The smallest absolute Gasteiger partial charge is 0.270 e. The first-order chi connectivity index (χ1) is 16.6. The van der Waals surface area contributed by atoms with Crippen LogP contribution in [0.1, 0.15) is 25.3 Å². The Bertz CT molecular complexity index is 1290. The standard InChI is InChI=1S/C28H28N4O2/c1-20-27(30-26(33)18-10-11-21-19-29-25-17-9-8-16-24(21)25)28(34)32(23-14-6-3-7-15-23)31(20)22-12-4-2-5-13-22/h2-9,12-17,19-20,27,29H,10-11,18H2,1H3,(H,30,33). The van der Waals surface area contributed by atoms with Gasteiger partial charge in [-0.2, -0.15) is 0 Å². The lowest BCUT2D eigenvalue weighted by Crippen LogP contribution is -2.45. The fraction of sp³-hybridized carbons (Fsp3) is 0.214. The molecule has 1 aliphatic heterocycles. The number of aromatic nitrogens is 1. The summed E-state index contributed by atoms with van der Waals surface area (Å²) in [7, 11) is 0. The molecule has 1 fully saturated rings. The molecule has 6 heteroatoms. The van der Waals surface area contributed by atoms with E-state index < -0.39 is 6.04 Å². The molecule has 1 aliphatic rings. The first-order valence-corrected chi connectivity index (χ1v) is 11.7. The van der Waals surface area contributed by atoms with Gasteiger partial charge in [-0.1, -0.05) is 54.6 Å². The molecular formula is C28H28N4O2. The van der Waals surface area contributed by atoms with E-state index in [0.29, 0.717) is 12.8 Å². The molecule has 172 valence electrons. The number of aryl methyl sites for hydroxylation is 1. The monoisotopic (exact) mass is 452 g/mol. The molecule has 0 aliphatic carbocycles. The Labute approximate surface area is 199 Å². The maximum absolute atomic E-state index is 13.5. The second-order valence-electron chi connectivity index (χ2n) is 8.66. The second-order valence-corrected chi connectivity index (χ2v) is 8.66. The maximum atomic E-state index is 13.5. The number of benzene rings is 3. The van der Waals surface area contributed by atoms with Crippen molar-refractivity contribution in [1.29, 1.82) is 0 Å². The van der Waals surface area contributed by atoms with Crippen LogP contribution in [-0.2, 0) is 16.0 Å². The molecule has 1 aromatic heterocycles. The average Bonchev–Trinajstić information content (AvgIpc) is 3.39. The minimum Gasteiger partial charge on any atom is -0.361 e. The summed E-state index contributed by atoms with van der Waals surface area (Å²) in [4.78, 5) is 29.6. The number of amides is 2. The van der Waals surface area contributed by atoms with Crippen molar-refractivity contribution in [3.63, 3.8) is 0 Å². The number of rotatable bonds is 7. The third-order valence-corrected chi connectivity index (χ3v) is 6.42. The molecule has 4 aromatic rings. The molecule has 2 N–H and O–H groups in total. The lowest BCUT2D eigenvalue weighted by molar-refractivity contribution is -0.126. The molecule has 34 heavy (non-hydrogen) atoms. The Hall–Kier alpha value is -4.06. The van der Waals surface area contributed by atoms with Crippen molar-refractivity contribution in [1.82, 2.24) is 10.3 Å². The van der Waals surface area contributed by atoms with Crippen LogP contribution in [0.5, 0.6) is 0 Å². The minimum absolute atomic E-state index is 0.104. The third kappa shape index (κ3) is 4.15. The van der Waals surface area contributed by atoms with E-state index in [9.17, 15) is 9.59 Å². The molecule has 5 rings (SSSR count). The molecular weight excluding hydrogens is 424 g/mol. The lowest BCUT2D eigenvalue weighted by Gasteiger charge is -2.32. The Morgan fingerprint density at radius 2 is 1.56 bits per heavy atom. The summed E-state index contributed by atoms with van der Waals surface area (Å²) in [6.07, 6.45) is 3.90. The highest BCUT2D eigenvalue weighted by Gasteiger charge is 2.45. The van der Waals surface area contributed by atoms with Crippen molar-refractivity contribution in [2.75, 3.05) is 10.0 Å².